The molecule has 2 unspecified atom stereocenters. The molecule has 2 atom stereocenters. The van der Waals surface area contributed by atoms with E-state index in [4.69, 9.17) is 48.9 Å². The minimum absolute atomic E-state index is 0.259. The summed E-state index contributed by atoms with van der Waals surface area (Å²) in [7, 11) is 20.2. The van der Waals surface area contributed by atoms with Crippen LogP contribution in [-0.2, 0) is 35.9 Å². The van der Waals surface area contributed by atoms with Crippen molar-refractivity contribution in [3.8, 4) is 0 Å². The topological polar surface area (TPSA) is 55.8 Å². The Kier molecular flexibility index (Phi) is 13.9. The number of hydrogen-bond acceptors (Lipinski definition) is 3. The minimum atomic E-state index is -3.39. The van der Waals surface area contributed by atoms with E-state index in [1.54, 1.807) is 0 Å². The summed E-state index contributed by atoms with van der Waals surface area (Å²) in [5, 5.41) is 8.39. The first kappa shape index (κ1) is 25.7. The van der Waals surface area contributed by atoms with Crippen LogP contribution >= 0.6 is 34.3 Å². The number of benzene rings is 1. The van der Waals surface area contributed by atoms with Crippen molar-refractivity contribution < 1.29 is 34.6 Å². The van der Waals surface area contributed by atoms with Gasteiger partial charge in [0.15, 0.2) is 0 Å². The standard InChI is InChI=1S/C10H12O2.C8H14O2.4ClH.Hf/c11-10(12)8-4-7-9-5-2-1-3-6-9;1-3-7(9-5-1)8-4-2-6-10-8;;;;;/h1-3,5-6H,4,7-8H2,(H,11,12);7-8H,1-6H2;4*1H;/q;;;;;;+4/p-4. The SMILES string of the molecule is C1COC(C2CCCO2)C1.O=C(O)CCCc1ccccc1.[Cl][Hf]([Cl])([Cl])[Cl]. The second kappa shape index (κ2) is 14.6. The van der Waals surface area contributed by atoms with E-state index in [9.17, 15) is 4.79 Å². The molecule has 9 heteroatoms. The molecular formula is C18H26Cl4HfO4. The molecule has 1 aromatic carbocycles. The zero-order chi connectivity index (χ0) is 20.1. The molecule has 0 amide bonds. The predicted octanol–water partition coefficient (Wildman–Crippen LogP) is 6.19. The summed E-state index contributed by atoms with van der Waals surface area (Å²) < 4.78 is 11.0. The summed E-state index contributed by atoms with van der Waals surface area (Å²) in [6, 6.07) is 9.93. The number of carboxylic acid groups (broad SMARTS) is 1. The molecule has 2 saturated heterocycles. The van der Waals surface area contributed by atoms with Crippen LogP contribution in [0.15, 0.2) is 30.3 Å². The van der Waals surface area contributed by atoms with Gasteiger partial charge in [-0.25, -0.2) is 0 Å². The molecular weight excluding hydrogens is 600 g/mol. The van der Waals surface area contributed by atoms with Crippen LogP contribution in [0, 0.1) is 0 Å². The van der Waals surface area contributed by atoms with E-state index < -0.39 is 21.2 Å². The third-order valence-electron chi connectivity index (χ3n) is 4.04. The first-order valence-corrected chi connectivity index (χ1v) is 26.8. The van der Waals surface area contributed by atoms with E-state index in [1.807, 2.05) is 30.3 Å². The van der Waals surface area contributed by atoms with E-state index in [-0.39, 0.29) is 6.42 Å². The van der Waals surface area contributed by atoms with Crippen molar-refractivity contribution in [1.29, 1.82) is 0 Å². The maximum absolute atomic E-state index is 10.2. The third-order valence-corrected chi connectivity index (χ3v) is 4.04. The van der Waals surface area contributed by atoms with Crippen LogP contribution in [0.3, 0.4) is 0 Å². The van der Waals surface area contributed by atoms with Crippen LogP contribution in [-0.4, -0.2) is 36.5 Å². The Morgan fingerprint density at radius 1 is 1.00 bits per heavy atom. The molecule has 154 valence electrons. The quantitative estimate of drug-likeness (QED) is 0.396. The summed E-state index contributed by atoms with van der Waals surface area (Å²) in [4.78, 5) is 10.2. The summed E-state index contributed by atoms with van der Waals surface area (Å²) >= 11 is -3.39. The average Bonchev–Trinajstić information content (AvgIpc) is 3.28. The molecule has 0 spiro atoms. The predicted molar refractivity (Wildman–Crippen MR) is 108 cm³/mol. The molecule has 0 aliphatic carbocycles. The van der Waals surface area contributed by atoms with Gasteiger partial charge in [-0.1, -0.05) is 30.3 Å². The van der Waals surface area contributed by atoms with Gasteiger partial charge in [0, 0.05) is 19.6 Å². The number of ether oxygens (including phenoxy) is 2. The Hall–Kier alpha value is 0.640. The van der Waals surface area contributed by atoms with Gasteiger partial charge >= 0.3 is 55.5 Å². The van der Waals surface area contributed by atoms with E-state index in [1.165, 1.54) is 31.2 Å². The van der Waals surface area contributed by atoms with E-state index in [2.05, 4.69) is 0 Å². The van der Waals surface area contributed by atoms with Crippen molar-refractivity contribution >= 4 is 40.3 Å². The molecule has 3 rings (SSSR count). The normalized spacial score (nSPS) is 21.6. The number of aryl methyl sites for hydroxylation is 1. The fraction of sp³-hybridized carbons (Fsp3) is 0.611. The Bertz CT molecular complexity index is 496. The monoisotopic (exact) mass is 626 g/mol. The summed E-state index contributed by atoms with van der Waals surface area (Å²) in [5.74, 6) is -0.717. The van der Waals surface area contributed by atoms with Crippen LogP contribution in [0.2, 0.25) is 0 Å². The maximum atomic E-state index is 10.2. The van der Waals surface area contributed by atoms with Gasteiger partial charge in [-0.2, -0.15) is 0 Å². The summed E-state index contributed by atoms with van der Waals surface area (Å²) in [6.45, 7) is 1.90. The molecule has 2 heterocycles. The van der Waals surface area contributed by atoms with Crippen molar-refractivity contribution in [2.45, 2.75) is 57.2 Å². The molecule has 4 nitrogen and oxygen atoms in total. The van der Waals surface area contributed by atoms with Gasteiger partial charge < -0.3 is 14.6 Å². The molecule has 0 aromatic heterocycles. The van der Waals surface area contributed by atoms with Crippen LogP contribution in [0.4, 0.5) is 0 Å². The van der Waals surface area contributed by atoms with Gasteiger partial charge in [-0.15, -0.1) is 0 Å². The third kappa shape index (κ3) is 15.2. The van der Waals surface area contributed by atoms with E-state index in [0.717, 1.165) is 26.1 Å². The summed E-state index contributed by atoms with van der Waals surface area (Å²) in [5.41, 5.74) is 1.21. The Balaban J connectivity index is 0.000000220. The molecule has 2 aliphatic rings. The van der Waals surface area contributed by atoms with Crippen molar-refractivity contribution in [2.75, 3.05) is 13.2 Å². The van der Waals surface area contributed by atoms with Crippen LogP contribution in [0.1, 0.15) is 44.1 Å². The molecule has 2 aliphatic heterocycles. The average molecular weight is 627 g/mol. The van der Waals surface area contributed by atoms with E-state index >= 15 is 0 Å². The van der Waals surface area contributed by atoms with Gasteiger partial charge in [0.1, 0.15) is 0 Å². The first-order valence-electron chi connectivity index (χ1n) is 9.00. The van der Waals surface area contributed by atoms with E-state index in [0.29, 0.717) is 12.2 Å². The van der Waals surface area contributed by atoms with Crippen LogP contribution < -0.4 is 0 Å². The molecule has 0 radical (unpaired) electrons. The number of hydrogen-bond donors (Lipinski definition) is 1. The van der Waals surface area contributed by atoms with Crippen molar-refractivity contribution in [3.63, 3.8) is 0 Å². The molecule has 27 heavy (non-hydrogen) atoms. The molecule has 0 saturated carbocycles. The molecule has 1 aromatic rings. The van der Waals surface area contributed by atoms with Crippen LogP contribution in [0.25, 0.3) is 0 Å². The molecule has 2 fully saturated rings. The Labute approximate surface area is 180 Å². The second-order valence-electron chi connectivity index (χ2n) is 6.26. The van der Waals surface area contributed by atoms with Crippen LogP contribution in [0.5, 0.6) is 0 Å². The number of rotatable bonds is 5. The molecule has 0 bridgehead atoms. The van der Waals surface area contributed by atoms with Gasteiger partial charge in [0.25, 0.3) is 0 Å². The second-order valence-corrected chi connectivity index (χ2v) is 37.4. The van der Waals surface area contributed by atoms with Gasteiger partial charge in [-0.05, 0) is 44.1 Å². The Morgan fingerprint density at radius 3 is 1.85 bits per heavy atom. The van der Waals surface area contributed by atoms with Crippen molar-refractivity contribution in [2.24, 2.45) is 0 Å². The number of carbonyl (C=O) groups is 1. The zero-order valence-corrected chi connectivity index (χ0v) is 21.7. The molecule has 1 N–H and O–H groups in total. The summed E-state index contributed by atoms with van der Waals surface area (Å²) in [6.07, 6.45) is 7.58. The fourth-order valence-electron chi connectivity index (χ4n) is 2.88. The fourth-order valence-corrected chi connectivity index (χ4v) is 2.88. The van der Waals surface area contributed by atoms with Crippen molar-refractivity contribution in [1.82, 2.24) is 0 Å². The number of halogens is 4. The Morgan fingerprint density at radius 2 is 1.48 bits per heavy atom. The van der Waals surface area contributed by atoms with Gasteiger partial charge in [-0.3, -0.25) is 4.79 Å². The van der Waals surface area contributed by atoms with Gasteiger partial charge in [0.2, 0.25) is 0 Å². The number of aliphatic carboxylic acids is 1. The first-order chi connectivity index (χ1) is 12.8. The van der Waals surface area contributed by atoms with Gasteiger partial charge in [0.05, 0.1) is 12.2 Å². The van der Waals surface area contributed by atoms with Crippen molar-refractivity contribution in [3.05, 3.63) is 35.9 Å². The number of carboxylic acids is 1. The zero-order valence-electron chi connectivity index (χ0n) is 15.1.